The van der Waals surface area contributed by atoms with E-state index in [4.69, 9.17) is 17.3 Å². The monoisotopic (exact) mass is 579 g/mol. The van der Waals surface area contributed by atoms with Crippen LogP contribution in [0.25, 0.3) is 0 Å². The van der Waals surface area contributed by atoms with Gasteiger partial charge in [-0.3, -0.25) is 19.0 Å². The van der Waals surface area contributed by atoms with Crippen LogP contribution >= 0.6 is 11.6 Å². The van der Waals surface area contributed by atoms with Gasteiger partial charge in [0, 0.05) is 30.1 Å². The highest BCUT2D eigenvalue weighted by molar-refractivity contribution is 6.31. The van der Waals surface area contributed by atoms with Crippen LogP contribution in [-0.4, -0.2) is 45.5 Å². The van der Waals surface area contributed by atoms with E-state index in [1.807, 2.05) is 0 Å². The van der Waals surface area contributed by atoms with Crippen molar-refractivity contribution in [3.8, 4) is 0 Å². The number of hydrogen-bond donors (Lipinski definition) is 4. The zero-order chi connectivity index (χ0) is 29.7. The predicted molar refractivity (Wildman–Crippen MR) is 132 cm³/mol. The maximum atomic E-state index is 15.6. The molecule has 0 spiro atoms. The lowest BCUT2D eigenvalue weighted by molar-refractivity contribution is -0.180. The molecule has 214 valence electrons. The standard InChI is InChI=1S/C25H27ClF5N3O5/c1-11(2)24(22(38)39)15(10-34-16(32)5-4-6-17(34)35)33-14(9-27)23(3,21(36)37)20(24)18-13(28)8-7-12(26)19(18)25(29,30)31/h4-8,11,14-15,20,33H,9-10,32H2,1-3H3,(H,36,37)(H,38,39). The minimum Gasteiger partial charge on any atom is -0.481 e. The van der Waals surface area contributed by atoms with Crippen LogP contribution in [0.15, 0.2) is 35.1 Å². The Morgan fingerprint density at radius 2 is 1.77 bits per heavy atom. The van der Waals surface area contributed by atoms with Crippen LogP contribution in [0.5, 0.6) is 0 Å². The van der Waals surface area contributed by atoms with Crippen LogP contribution in [0.2, 0.25) is 5.02 Å². The zero-order valence-corrected chi connectivity index (χ0v) is 21.8. The number of hydrogen-bond acceptors (Lipinski definition) is 5. The van der Waals surface area contributed by atoms with Crippen molar-refractivity contribution in [3.63, 3.8) is 0 Å². The van der Waals surface area contributed by atoms with Crippen molar-refractivity contribution in [2.75, 3.05) is 12.4 Å². The van der Waals surface area contributed by atoms with Crippen LogP contribution < -0.4 is 16.6 Å². The lowest BCUT2D eigenvalue weighted by Gasteiger charge is -2.58. The Morgan fingerprint density at radius 3 is 2.23 bits per heavy atom. The van der Waals surface area contributed by atoms with Crippen molar-refractivity contribution in [1.29, 1.82) is 0 Å². The highest BCUT2D eigenvalue weighted by atomic mass is 35.5. The van der Waals surface area contributed by atoms with Crippen molar-refractivity contribution >= 4 is 29.4 Å². The Bertz CT molecular complexity index is 1350. The second-order valence-corrected chi connectivity index (χ2v) is 10.5. The van der Waals surface area contributed by atoms with Crippen LogP contribution in [0.3, 0.4) is 0 Å². The van der Waals surface area contributed by atoms with Gasteiger partial charge in [-0.1, -0.05) is 31.5 Å². The largest absolute Gasteiger partial charge is 0.481 e. The molecule has 1 fully saturated rings. The number of nitrogens with one attached hydrogen (secondary N) is 1. The summed E-state index contributed by atoms with van der Waals surface area (Å²) in [7, 11) is 0. The molecule has 0 amide bonds. The van der Waals surface area contributed by atoms with Crippen LogP contribution in [0, 0.1) is 22.6 Å². The first-order valence-electron chi connectivity index (χ1n) is 11.8. The number of piperidine rings is 1. The number of aromatic nitrogens is 1. The molecule has 3 rings (SSSR count). The third-order valence-corrected chi connectivity index (χ3v) is 8.20. The van der Waals surface area contributed by atoms with E-state index in [2.05, 4.69) is 5.32 Å². The zero-order valence-electron chi connectivity index (χ0n) is 21.0. The lowest BCUT2D eigenvalue weighted by Crippen LogP contribution is -2.73. The Hall–Kier alpha value is -3.19. The Morgan fingerprint density at radius 1 is 1.15 bits per heavy atom. The topological polar surface area (TPSA) is 135 Å². The van der Waals surface area contributed by atoms with Gasteiger partial charge in [-0.25, -0.2) is 8.78 Å². The molecule has 0 bridgehead atoms. The summed E-state index contributed by atoms with van der Waals surface area (Å²) in [6.07, 6.45) is -5.35. The minimum atomic E-state index is -5.35. The van der Waals surface area contributed by atoms with E-state index in [1.54, 1.807) is 0 Å². The first-order chi connectivity index (χ1) is 18.0. The van der Waals surface area contributed by atoms with Gasteiger partial charge in [-0.2, -0.15) is 13.2 Å². The summed E-state index contributed by atoms with van der Waals surface area (Å²) in [6, 6.07) is 1.51. The van der Waals surface area contributed by atoms with Crippen molar-refractivity contribution < 1.29 is 41.8 Å². The average Bonchev–Trinajstić information content (AvgIpc) is 2.81. The molecule has 2 heterocycles. The number of nitrogens with zero attached hydrogens (tertiary/aromatic N) is 1. The van der Waals surface area contributed by atoms with Gasteiger partial charge in [-0.15, -0.1) is 0 Å². The fourth-order valence-corrected chi connectivity index (χ4v) is 6.25. The number of benzene rings is 1. The molecule has 39 heavy (non-hydrogen) atoms. The van der Waals surface area contributed by atoms with Gasteiger partial charge >= 0.3 is 18.1 Å². The van der Waals surface area contributed by atoms with Gasteiger partial charge < -0.3 is 21.3 Å². The van der Waals surface area contributed by atoms with Gasteiger partial charge in [0.1, 0.15) is 18.3 Å². The third-order valence-electron chi connectivity index (χ3n) is 7.88. The van der Waals surface area contributed by atoms with Crippen molar-refractivity contribution in [3.05, 3.63) is 62.7 Å². The van der Waals surface area contributed by atoms with Crippen molar-refractivity contribution in [1.82, 2.24) is 9.88 Å². The minimum absolute atomic E-state index is 0.142. The molecular formula is C25H27ClF5N3O5. The molecule has 2 aromatic rings. The number of alkyl halides is 4. The molecule has 1 aliphatic heterocycles. The van der Waals surface area contributed by atoms with Gasteiger partial charge in [0.25, 0.3) is 5.56 Å². The van der Waals surface area contributed by atoms with Crippen LogP contribution in [0.4, 0.5) is 27.8 Å². The van der Waals surface area contributed by atoms with E-state index >= 15 is 4.39 Å². The van der Waals surface area contributed by atoms with Gasteiger partial charge in [-0.05, 0) is 31.0 Å². The number of nitrogens with two attached hydrogens (primary N) is 1. The molecular weight excluding hydrogens is 553 g/mol. The Kier molecular flexibility index (Phi) is 8.11. The highest BCUT2D eigenvalue weighted by Crippen LogP contribution is 2.61. The fraction of sp³-hybridized carbons (Fsp3) is 0.480. The van der Waals surface area contributed by atoms with Crippen LogP contribution in [-0.2, 0) is 22.3 Å². The Labute approximate surface area is 224 Å². The number of rotatable bonds is 7. The predicted octanol–water partition coefficient (Wildman–Crippen LogP) is 4.15. The summed E-state index contributed by atoms with van der Waals surface area (Å²) >= 11 is 5.87. The number of carbonyl (C=O) groups is 2. The number of nitrogen functional groups attached to an aromatic ring is 1. The van der Waals surface area contributed by atoms with Crippen molar-refractivity contribution in [2.24, 2.45) is 16.7 Å². The summed E-state index contributed by atoms with van der Waals surface area (Å²) in [6.45, 7) is 1.40. The maximum absolute atomic E-state index is 15.6. The summed E-state index contributed by atoms with van der Waals surface area (Å²) in [5.74, 6) is -8.89. The number of carboxylic acid groups (broad SMARTS) is 2. The summed E-state index contributed by atoms with van der Waals surface area (Å²) < 4.78 is 74.2. The number of pyridine rings is 1. The molecule has 1 aromatic carbocycles. The fourth-order valence-electron chi connectivity index (χ4n) is 5.98. The maximum Gasteiger partial charge on any atom is 0.418 e. The second-order valence-electron chi connectivity index (χ2n) is 10.1. The summed E-state index contributed by atoms with van der Waals surface area (Å²) in [4.78, 5) is 38.6. The van der Waals surface area contributed by atoms with Gasteiger partial charge in [0.15, 0.2) is 0 Å². The normalized spacial score (nSPS) is 27.5. The Balaban J connectivity index is 2.56. The average molecular weight is 580 g/mol. The quantitative estimate of drug-likeness (QED) is 0.362. The lowest BCUT2D eigenvalue weighted by atomic mass is 9.48. The van der Waals surface area contributed by atoms with Gasteiger partial charge in [0.05, 0.1) is 27.5 Å². The first kappa shape index (κ1) is 30.4. The molecule has 5 atom stereocenters. The molecule has 14 heteroatoms. The molecule has 0 radical (unpaired) electrons. The van der Waals surface area contributed by atoms with E-state index in [0.29, 0.717) is 12.1 Å². The number of halogens is 6. The van der Waals surface area contributed by atoms with E-state index in [1.165, 1.54) is 26.0 Å². The molecule has 0 saturated carbocycles. The van der Waals surface area contributed by atoms with E-state index in [0.717, 1.165) is 17.6 Å². The van der Waals surface area contributed by atoms with E-state index in [-0.39, 0.29) is 5.82 Å². The third kappa shape index (κ3) is 4.65. The molecule has 0 aliphatic carbocycles. The summed E-state index contributed by atoms with van der Waals surface area (Å²) in [5.41, 5.74) is -3.07. The number of aliphatic carboxylic acids is 2. The number of carboxylic acids is 2. The molecule has 1 saturated heterocycles. The molecule has 1 aliphatic rings. The highest BCUT2D eigenvalue weighted by Gasteiger charge is 2.69. The van der Waals surface area contributed by atoms with Crippen molar-refractivity contribution in [2.45, 2.75) is 51.5 Å². The van der Waals surface area contributed by atoms with Gasteiger partial charge in [0.2, 0.25) is 0 Å². The van der Waals surface area contributed by atoms with E-state index < -0.39 is 93.6 Å². The van der Waals surface area contributed by atoms with E-state index in [9.17, 15) is 42.2 Å². The van der Waals surface area contributed by atoms with Crippen LogP contribution in [0.1, 0.15) is 37.8 Å². The number of anilines is 1. The molecule has 5 unspecified atom stereocenters. The molecule has 1 aromatic heterocycles. The molecule has 5 N–H and O–H groups in total. The molecule has 8 nitrogen and oxygen atoms in total. The SMILES string of the molecule is CC(C)C1(C(=O)O)C(Cn2c(N)cccc2=O)NC(CF)C(C)(C(=O)O)C1c1c(F)ccc(Cl)c1C(F)(F)F. The first-order valence-corrected chi connectivity index (χ1v) is 12.1. The second kappa shape index (κ2) is 10.4. The summed E-state index contributed by atoms with van der Waals surface area (Å²) in [5, 5.41) is 22.7. The smallest absolute Gasteiger partial charge is 0.418 e.